The number of hydrogen-bond acceptors (Lipinski definition) is 5. The predicted molar refractivity (Wildman–Crippen MR) is 69.5 cm³/mol. The first-order valence-corrected chi connectivity index (χ1v) is 7.34. The molecule has 104 valence electrons. The van der Waals surface area contributed by atoms with Crippen LogP contribution in [0.5, 0.6) is 0 Å². The van der Waals surface area contributed by atoms with Crippen LogP contribution < -0.4 is 5.73 Å². The summed E-state index contributed by atoms with van der Waals surface area (Å²) in [4.78, 5) is 9.79. The van der Waals surface area contributed by atoms with Gasteiger partial charge in [-0.05, 0) is 18.6 Å². The van der Waals surface area contributed by atoms with Crippen LogP contribution in [0.15, 0.2) is 23.1 Å². The first-order chi connectivity index (χ1) is 8.82. The summed E-state index contributed by atoms with van der Waals surface area (Å²) in [6, 6.07) is 3.23. The summed E-state index contributed by atoms with van der Waals surface area (Å²) >= 11 is 5.73. The van der Waals surface area contributed by atoms with Crippen molar-refractivity contribution in [3.63, 3.8) is 0 Å². The monoisotopic (exact) mass is 305 g/mol. The molecule has 2 N–H and O–H groups in total. The van der Waals surface area contributed by atoms with Gasteiger partial charge in [-0.15, -0.1) is 0 Å². The molecule has 1 heterocycles. The Hall–Kier alpha value is -1.22. The molecular weight excluding hydrogens is 294 g/mol. The van der Waals surface area contributed by atoms with E-state index >= 15 is 0 Å². The van der Waals surface area contributed by atoms with Crippen molar-refractivity contribution in [3.8, 4) is 0 Å². The van der Waals surface area contributed by atoms with Gasteiger partial charge in [0.15, 0.2) is 4.90 Å². The smallest absolute Gasteiger partial charge is 0.289 e. The fraction of sp³-hybridized carbons (Fsp3) is 0.400. The first kappa shape index (κ1) is 14.2. The summed E-state index contributed by atoms with van der Waals surface area (Å²) in [6.45, 7) is 0.416. The van der Waals surface area contributed by atoms with E-state index in [0.717, 1.165) is 16.4 Å². The Morgan fingerprint density at radius 2 is 2.16 bits per heavy atom. The van der Waals surface area contributed by atoms with Crippen molar-refractivity contribution >= 4 is 27.3 Å². The van der Waals surface area contributed by atoms with Crippen LogP contribution in [0, 0.1) is 10.1 Å². The molecule has 7 nitrogen and oxygen atoms in total. The molecule has 1 aromatic carbocycles. The third-order valence-electron chi connectivity index (χ3n) is 2.92. The zero-order valence-corrected chi connectivity index (χ0v) is 11.4. The van der Waals surface area contributed by atoms with E-state index in [1.165, 1.54) is 6.07 Å². The minimum atomic E-state index is -3.94. The van der Waals surface area contributed by atoms with Crippen LogP contribution >= 0.6 is 11.6 Å². The van der Waals surface area contributed by atoms with Crippen LogP contribution in [-0.2, 0) is 10.0 Å². The molecule has 19 heavy (non-hydrogen) atoms. The molecule has 0 amide bonds. The van der Waals surface area contributed by atoms with Gasteiger partial charge in [0, 0.05) is 30.2 Å². The summed E-state index contributed by atoms with van der Waals surface area (Å²) in [5.74, 6) is 0. The number of nitrogens with zero attached hydrogens (tertiary/aromatic N) is 2. The third kappa shape index (κ3) is 2.71. The summed E-state index contributed by atoms with van der Waals surface area (Å²) in [5.41, 5.74) is 5.18. The Labute approximate surface area is 115 Å². The lowest BCUT2D eigenvalue weighted by Crippen LogP contribution is -2.32. The van der Waals surface area contributed by atoms with Gasteiger partial charge in [0.05, 0.1) is 4.92 Å². The Kier molecular flexibility index (Phi) is 3.77. The molecule has 0 radical (unpaired) electrons. The molecule has 0 aromatic heterocycles. The minimum absolute atomic E-state index is 0.132. The van der Waals surface area contributed by atoms with E-state index in [9.17, 15) is 18.5 Å². The highest BCUT2D eigenvalue weighted by Crippen LogP contribution is 2.30. The maximum absolute atomic E-state index is 12.4. The molecule has 0 aliphatic carbocycles. The van der Waals surface area contributed by atoms with Gasteiger partial charge in [-0.1, -0.05) is 11.6 Å². The first-order valence-electron chi connectivity index (χ1n) is 5.52. The molecule has 0 bridgehead atoms. The van der Waals surface area contributed by atoms with Crippen LogP contribution in [0.2, 0.25) is 5.02 Å². The second-order valence-corrected chi connectivity index (χ2v) is 6.62. The van der Waals surface area contributed by atoms with Crippen molar-refractivity contribution in [2.75, 3.05) is 13.1 Å². The standard InChI is InChI=1S/C10H12ClN3O4S/c11-7-1-2-9(14(15)16)10(5-7)19(17,18)13-4-3-8(12)6-13/h1-2,5,8H,3-4,6,12H2/t8-/m1/s1. The number of sulfonamides is 1. The second kappa shape index (κ2) is 5.04. The zero-order valence-electron chi connectivity index (χ0n) is 9.82. The normalized spacial score (nSPS) is 20.6. The molecule has 1 saturated heterocycles. The Morgan fingerprint density at radius 1 is 1.47 bits per heavy atom. The van der Waals surface area contributed by atoms with Crippen LogP contribution in [0.4, 0.5) is 5.69 Å². The van der Waals surface area contributed by atoms with Gasteiger partial charge in [-0.25, -0.2) is 8.42 Å². The van der Waals surface area contributed by atoms with Crippen molar-refractivity contribution in [3.05, 3.63) is 33.3 Å². The van der Waals surface area contributed by atoms with E-state index in [1.807, 2.05) is 0 Å². The predicted octanol–water partition coefficient (Wildman–Crippen LogP) is 0.970. The molecule has 0 unspecified atom stereocenters. The van der Waals surface area contributed by atoms with Gasteiger partial charge >= 0.3 is 0 Å². The molecule has 1 fully saturated rings. The van der Waals surface area contributed by atoms with Crippen molar-refractivity contribution < 1.29 is 13.3 Å². The van der Waals surface area contributed by atoms with Gasteiger partial charge in [0.25, 0.3) is 5.69 Å². The molecule has 1 aliphatic rings. The summed E-state index contributed by atoms with van der Waals surface area (Å²) in [7, 11) is -3.94. The highest BCUT2D eigenvalue weighted by Gasteiger charge is 2.35. The largest absolute Gasteiger partial charge is 0.326 e. The lowest BCUT2D eigenvalue weighted by atomic mass is 10.3. The maximum Gasteiger partial charge on any atom is 0.289 e. The second-order valence-electron chi connectivity index (χ2n) is 4.28. The number of halogens is 1. The third-order valence-corrected chi connectivity index (χ3v) is 5.05. The molecule has 9 heteroatoms. The molecule has 1 aliphatic heterocycles. The van der Waals surface area contributed by atoms with E-state index in [4.69, 9.17) is 17.3 Å². The molecule has 0 spiro atoms. The van der Waals surface area contributed by atoms with Crippen LogP contribution in [0.1, 0.15) is 6.42 Å². The fourth-order valence-electron chi connectivity index (χ4n) is 1.96. The molecule has 1 atom stereocenters. The lowest BCUT2D eigenvalue weighted by molar-refractivity contribution is -0.387. The van der Waals surface area contributed by atoms with Gasteiger partial charge < -0.3 is 5.73 Å². The summed E-state index contributed by atoms with van der Waals surface area (Å²) < 4.78 is 25.9. The Morgan fingerprint density at radius 3 is 2.68 bits per heavy atom. The number of nitro groups is 1. The molecular formula is C10H12ClN3O4S. The molecule has 2 rings (SSSR count). The average Bonchev–Trinajstić information content (AvgIpc) is 2.76. The van der Waals surface area contributed by atoms with Crippen molar-refractivity contribution in [1.82, 2.24) is 4.31 Å². The summed E-state index contributed by atoms with van der Waals surface area (Å²) in [6.07, 6.45) is 0.535. The number of nitro benzene ring substituents is 1. The fourth-order valence-corrected chi connectivity index (χ4v) is 3.89. The quantitative estimate of drug-likeness (QED) is 0.661. The number of benzene rings is 1. The Balaban J connectivity index is 2.51. The van der Waals surface area contributed by atoms with Crippen LogP contribution in [0.3, 0.4) is 0 Å². The van der Waals surface area contributed by atoms with Crippen molar-refractivity contribution in [2.24, 2.45) is 5.73 Å². The SMILES string of the molecule is N[C@@H]1CCN(S(=O)(=O)c2cc(Cl)ccc2[N+](=O)[O-])C1. The van der Waals surface area contributed by atoms with E-state index < -0.39 is 20.6 Å². The van der Waals surface area contributed by atoms with Crippen molar-refractivity contribution in [2.45, 2.75) is 17.4 Å². The maximum atomic E-state index is 12.4. The minimum Gasteiger partial charge on any atom is -0.326 e. The zero-order chi connectivity index (χ0) is 14.2. The van der Waals surface area contributed by atoms with E-state index in [2.05, 4.69) is 0 Å². The van der Waals surface area contributed by atoms with Gasteiger partial charge in [0.2, 0.25) is 10.0 Å². The van der Waals surface area contributed by atoms with Crippen LogP contribution in [0.25, 0.3) is 0 Å². The van der Waals surface area contributed by atoms with Gasteiger partial charge in [-0.2, -0.15) is 4.31 Å². The van der Waals surface area contributed by atoms with Gasteiger partial charge in [-0.3, -0.25) is 10.1 Å². The highest BCUT2D eigenvalue weighted by molar-refractivity contribution is 7.89. The highest BCUT2D eigenvalue weighted by atomic mass is 35.5. The molecule has 0 saturated carbocycles. The van der Waals surface area contributed by atoms with Crippen molar-refractivity contribution in [1.29, 1.82) is 0 Å². The average molecular weight is 306 g/mol. The van der Waals surface area contributed by atoms with Gasteiger partial charge in [0.1, 0.15) is 0 Å². The van der Waals surface area contributed by atoms with Crippen LogP contribution in [-0.4, -0.2) is 36.8 Å². The number of rotatable bonds is 3. The van der Waals surface area contributed by atoms with E-state index in [1.54, 1.807) is 0 Å². The Bertz CT molecular complexity index is 619. The molecule has 1 aromatic rings. The number of hydrogen-bond donors (Lipinski definition) is 1. The van der Waals surface area contributed by atoms with E-state index in [0.29, 0.717) is 6.42 Å². The van der Waals surface area contributed by atoms with E-state index in [-0.39, 0.29) is 29.0 Å². The summed E-state index contributed by atoms with van der Waals surface area (Å²) in [5, 5.41) is 11.0. The topological polar surface area (TPSA) is 107 Å². The lowest BCUT2D eigenvalue weighted by Gasteiger charge is -2.16. The number of nitrogens with two attached hydrogens (primary N) is 1.